The Morgan fingerprint density at radius 3 is 2.23 bits per heavy atom. The lowest BCUT2D eigenvalue weighted by Crippen LogP contribution is -2.40. The molecule has 1 spiro atoms. The van der Waals surface area contributed by atoms with Gasteiger partial charge in [-0.15, -0.1) is 0 Å². The molecule has 3 aliphatic carbocycles. The van der Waals surface area contributed by atoms with Crippen LogP contribution in [0.2, 0.25) is 0 Å². The molecular weight excluding hydrogens is 464 g/mol. The van der Waals surface area contributed by atoms with Crippen molar-refractivity contribution in [1.82, 2.24) is 10.6 Å². The number of aliphatic carboxylic acids is 1. The van der Waals surface area contributed by atoms with E-state index < -0.39 is 17.5 Å². The lowest BCUT2D eigenvalue weighted by molar-refractivity contribution is -0.145. The first kappa shape index (κ1) is 23.7. The van der Waals surface area contributed by atoms with Gasteiger partial charge in [0, 0.05) is 24.8 Å². The van der Waals surface area contributed by atoms with E-state index >= 15 is 0 Å². The zero-order valence-corrected chi connectivity index (χ0v) is 20.4. The quantitative estimate of drug-likeness (QED) is 0.431. The lowest BCUT2D eigenvalue weighted by Gasteiger charge is -2.30. The van der Waals surface area contributed by atoms with Gasteiger partial charge in [0.15, 0.2) is 0 Å². The van der Waals surface area contributed by atoms with Crippen molar-refractivity contribution in [2.45, 2.75) is 31.6 Å². The molecule has 0 bridgehead atoms. The predicted octanol–water partition coefficient (Wildman–Crippen LogP) is 4.02. The number of carbonyl (C=O) groups excluding carboxylic acids is 2. The van der Waals surface area contributed by atoms with E-state index in [0.717, 1.165) is 19.3 Å². The molecule has 2 fully saturated rings. The van der Waals surface area contributed by atoms with E-state index in [1.165, 1.54) is 34.0 Å². The number of alkyl carbamates (subject to hydrolysis) is 1. The van der Waals surface area contributed by atoms with Gasteiger partial charge in [0.2, 0.25) is 5.91 Å². The highest BCUT2D eigenvalue weighted by Gasteiger charge is 2.73. The maximum absolute atomic E-state index is 12.2. The molecule has 1 unspecified atom stereocenters. The summed E-state index contributed by atoms with van der Waals surface area (Å²) in [6.45, 7) is 0.860. The number of amides is 2. The molecule has 8 heteroatoms. The number of benzene rings is 2. The minimum absolute atomic E-state index is 0.0193. The molecular formula is C27H30N2O5S. The van der Waals surface area contributed by atoms with Gasteiger partial charge < -0.3 is 20.5 Å². The maximum atomic E-state index is 12.2. The minimum atomic E-state index is -0.794. The minimum Gasteiger partial charge on any atom is -0.481 e. The molecule has 1 atom stereocenters. The highest BCUT2D eigenvalue weighted by Crippen LogP contribution is 2.73. The highest BCUT2D eigenvalue weighted by atomic mass is 32.2. The molecule has 7 nitrogen and oxygen atoms in total. The monoisotopic (exact) mass is 494 g/mol. The summed E-state index contributed by atoms with van der Waals surface area (Å²) in [5, 5.41) is 15.2. The van der Waals surface area contributed by atoms with Crippen molar-refractivity contribution >= 4 is 29.7 Å². The van der Waals surface area contributed by atoms with Gasteiger partial charge >= 0.3 is 12.1 Å². The molecule has 2 aromatic rings. The van der Waals surface area contributed by atoms with Gasteiger partial charge in [0.05, 0.1) is 11.2 Å². The first-order chi connectivity index (χ1) is 17.0. The second-order valence-corrected chi connectivity index (χ2v) is 10.9. The van der Waals surface area contributed by atoms with Crippen LogP contribution < -0.4 is 10.6 Å². The van der Waals surface area contributed by atoms with E-state index in [0.29, 0.717) is 18.7 Å². The molecule has 0 saturated heterocycles. The zero-order valence-electron chi connectivity index (χ0n) is 19.5. The van der Waals surface area contributed by atoms with E-state index in [9.17, 15) is 19.5 Å². The third-order valence-electron chi connectivity index (χ3n) is 7.93. The predicted molar refractivity (Wildman–Crippen MR) is 134 cm³/mol. The summed E-state index contributed by atoms with van der Waals surface area (Å²) in [6, 6.07) is 16.4. The van der Waals surface area contributed by atoms with Crippen LogP contribution in [0.1, 0.15) is 42.7 Å². The average Bonchev–Trinajstić information content (AvgIpc) is 3.46. The summed E-state index contributed by atoms with van der Waals surface area (Å²) in [5.74, 6) is -0.151. The van der Waals surface area contributed by atoms with Gasteiger partial charge in [-0.1, -0.05) is 55.0 Å². The topological polar surface area (TPSA) is 105 Å². The van der Waals surface area contributed by atoms with Crippen molar-refractivity contribution in [1.29, 1.82) is 0 Å². The first-order valence-corrected chi connectivity index (χ1v) is 13.3. The molecule has 2 aromatic carbocycles. The fourth-order valence-electron chi connectivity index (χ4n) is 5.76. The van der Waals surface area contributed by atoms with Crippen molar-refractivity contribution in [3.8, 4) is 11.1 Å². The Morgan fingerprint density at radius 1 is 1.00 bits per heavy atom. The number of thioether (sulfide) groups is 1. The number of fused-ring (bicyclic) bond motifs is 3. The van der Waals surface area contributed by atoms with Crippen LogP contribution in [0.3, 0.4) is 0 Å². The van der Waals surface area contributed by atoms with Gasteiger partial charge in [-0.2, -0.15) is 11.8 Å². The van der Waals surface area contributed by atoms with Crippen molar-refractivity contribution in [3.05, 3.63) is 59.7 Å². The summed E-state index contributed by atoms with van der Waals surface area (Å²) >= 11 is 1.40. The summed E-state index contributed by atoms with van der Waals surface area (Å²) < 4.78 is 5.51. The van der Waals surface area contributed by atoms with E-state index in [2.05, 4.69) is 34.9 Å². The molecule has 3 N–H and O–H groups in total. The van der Waals surface area contributed by atoms with Crippen LogP contribution >= 0.6 is 11.8 Å². The van der Waals surface area contributed by atoms with Crippen molar-refractivity contribution in [3.63, 3.8) is 0 Å². The van der Waals surface area contributed by atoms with Gasteiger partial charge in [-0.05, 0) is 46.9 Å². The summed E-state index contributed by atoms with van der Waals surface area (Å²) in [6.07, 6.45) is 3.18. The van der Waals surface area contributed by atoms with Gasteiger partial charge in [0.25, 0.3) is 0 Å². The van der Waals surface area contributed by atoms with E-state index in [4.69, 9.17) is 4.74 Å². The number of hydrogen-bond donors (Lipinski definition) is 3. The van der Waals surface area contributed by atoms with Crippen LogP contribution in [0, 0.1) is 10.8 Å². The molecule has 0 aliphatic heterocycles. The number of carbonyl (C=O) groups is 3. The van der Waals surface area contributed by atoms with E-state index in [1.54, 1.807) is 0 Å². The van der Waals surface area contributed by atoms with E-state index in [-0.39, 0.29) is 36.1 Å². The second kappa shape index (κ2) is 9.57. The van der Waals surface area contributed by atoms with Crippen LogP contribution in [0.5, 0.6) is 0 Å². The molecule has 184 valence electrons. The van der Waals surface area contributed by atoms with Gasteiger partial charge in [-0.25, -0.2) is 4.79 Å². The van der Waals surface area contributed by atoms with Crippen molar-refractivity contribution in [2.75, 3.05) is 31.2 Å². The van der Waals surface area contributed by atoms with Crippen LogP contribution in [0.15, 0.2) is 48.5 Å². The number of ether oxygens (including phenoxy) is 1. The fraction of sp³-hybridized carbons (Fsp3) is 0.444. The number of carboxylic acids is 1. The van der Waals surface area contributed by atoms with Crippen molar-refractivity contribution in [2.24, 2.45) is 10.8 Å². The molecule has 2 saturated carbocycles. The largest absolute Gasteiger partial charge is 0.481 e. The Kier molecular flexibility index (Phi) is 6.49. The number of hydrogen-bond acceptors (Lipinski definition) is 5. The number of nitrogens with one attached hydrogen (secondary N) is 2. The summed E-state index contributed by atoms with van der Waals surface area (Å²) in [7, 11) is 0. The van der Waals surface area contributed by atoms with Crippen molar-refractivity contribution < 1.29 is 24.2 Å². The molecule has 35 heavy (non-hydrogen) atoms. The Hall–Kier alpha value is -3.00. The highest BCUT2D eigenvalue weighted by molar-refractivity contribution is 7.99. The molecule has 5 rings (SSSR count). The average molecular weight is 495 g/mol. The molecule has 0 radical (unpaired) electrons. The summed E-state index contributed by atoms with van der Waals surface area (Å²) in [5.41, 5.74) is 3.87. The molecule has 3 aliphatic rings. The fourth-order valence-corrected chi connectivity index (χ4v) is 6.44. The van der Waals surface area contributed by atoms with Crippen LogP contribution in [0.25, 0.3) is 11.1 Å². The maximum Gasteiger partial charge on any atom is 0.407 e. The SMILES string of the molecule is O=C(CSCCNC(=O)OCC1c2ccccc2-c2ccccc21)NCC1(C(=O)O)CC12CCC2. The third-order valence-corrected chi connectivity index (χ3v) is 8.89. The zero-order chi connectivity index (χ0) is 24.5. The molecule has 2 amide bonds. The Balaban J connectivity index is 0.996. The normalized spacial score (nSPS) is 20.9. The summed E-state index contributed by atoms with van der Waals surface area (Å²) in [4.78, 5) is 36.1. The van der Waals surface area contributed by atoms with Crippen LogP contribution in [-0.4, -0.2) is 54.3 Å². The second-order valence-electron chi connectivity index (χ2n) is 9.78. The van der Waals surface area contributed by atoms with Crippen LogP contribution in [0.4, 0.5) is 4.79 Å². The Labute approximate surface area is 209 Å². The van der Waals surface area contributed by atoms with Gasteiger partial charge in [-0.3, -0.25) is 9.59 Å². The third kappa shape index (κ3) is 4.40. The first-order valence-electron chi connectivity index (χ1n) is 12.1. The van der Waals surface area contributed by atoms with Crippen LogP contribution in [-0.2, 0) is 14.3 Å². The van der Waals surface area contributed by atoms with E-state index in [1.807, 2.05) is 24.3 Å². The Bertz CT molecular complexity index is 1100. The lowest BCUT2D eigenvalue weighted by atomic mass is 9.75. The molecule has 0 heterocycles. The number of rotatable bonds is 10. The Morgan fingerprint density at radius 2 is 1.66 bits per heavy atom. The standard InChI is InChI=1S/C27H30N2O5S/c30-23(29-17-27(24(31)32)16-26(27)10-5-11-26)15-35-13-12-28-25(33)34-14-22-20-8-3-1-6-18(20)19-7-2-4-9-21(19)22/h1-4,6-9,22H,5,10-17H2,(H,28,33)(H,29,30)(H,31,32). The molecule has 0 aromatic heterocycles. The smallest absolute Gasteiger partial charge is 0.407 e. The number of carboxylic acid groups (broad SMARTS) is 1. The van der Waals surface area contributed by atoms with Gasteiger partial charge in [0.1, 0.15) is 6.61 Å².